The average Bonchev–Trinajstić information content (AvgIpc) is 2.84. The van der Waals surface area contributed by atoms with E-state index in [2.05, 4.69) is 5.32 Å². The Hall–Kier alpha value is -2.32. The van der Waals surface area contributed by atoms with Crippen LogP contribution in [0.1, 0.15) is 15.3 Å². The standard InChI is InChI=1S/C13H13N3O4S/c1-9-2-5-12(21-9)8-14-7-10-3-4-11(15(17)18)6-13(10)16(19)20/h2-6,14H,7-8H2,1H3. The summed E-state index contributed by atoms with van der Waals surface area (Å²) in [5.41, 5.74) is -0.0859. The first-order chi connectivity index (χ1) is 9.97. The lowest BCUT2D eigenvalue weighted by molar-refractivity contribution is -0.394. The van der Waals surface area contributed by atoms with Gasteiger partial charge in [0.25, 0.3) is 11.4 Å². The van der Waals surface area contributed by atoms with Crippen molar-refractivity contribution in [3.63, 3.8) is 0 Å². The van der Waals surface area contributed by atoms with Crippen molar-refractivity contribution in [3.05, 3.63) is 65.9 Å². The summed E-state index contributed by atoms with van der Waals surface area (Å²) in [7, 11) is 0. The maximum absolute atomic E-state index is 11.0. The molecule has 0 spiro atoms. The van der Waals surface area contributed by atoms with E-state index >= 15 is 0 Å². The summed E-state index contributed by atoms with van der Waals surface area (Å²) in [5, 5.41) is 24.8. The predicted octanol–water partition coefficient (Wildman–Crippen LogP) is 3.16. The monoisotopic (exact) mass is 307 g/mol. The molecule has 0 aliphatic rings. The van der Waals surface area contributed by atoms with E-state index in [0.717, 1.165) is 10.9 Å². The van der Waals surface area contributed by atoms with E-state index in [1.165, 1.54) is 17.0 Å². The van der Waals surface area contributed by atoms with Crippen molar-refractivity contribution in [3.8, 4) is 0 Å². The highest BCUT2D eigenvalue weighted by molar-refractivity contribution is 7.11. The molecule has 0 saturated heterocycles. The Balaban J connectivity index is 2.08. The highest BCUT2D eigenvalue weighted by atomic mass is 32.1. The number of hydrogen-bond acceptors (Lipinski definition) is 6. The van der Waals surface area contributed by atoms with Crippen LogP contribution in [0.2, 0.25) is 0 Å². The summed E-state index contributed by atoms with van der Waals surface area (Å²) in [6, 6.07) is 7.70. The zero-order chi connectivity index (χ0) is 15.4. The number of rotatable bonds is 6. The van der Waals surface area contributed by atoms with Crippen LogP contribution in [0.15, 0.2) is 30.3 Å². The van der Waals surface area contributed by atoms with Crippen LogP contribution in [-0.4, -0.2) is 9.85 Å². The van der Waals surface area contributed by atoms with Crippen LogP contribution >= 0.6 is 11.3 Å². The Morgan fingerprint density at radius 1 is 1.10 bits per heavy atom. The fourth-order valence-electron chi connectivity index (χ4n) is 1.89. The van der Waals surface area contributed by atoms with Gasteiger partial charge in [-0.2, -0.15) is 0 Å². The molecule has 1 N–H and O–H groups in total. The van der Waals surface area contributed by atoms with Crippen LogP contribution in [0.3, 0.4) is 0 Å². The number of nitro groups is 2. The quantitative estimate of drug-likeness (QED) is 0.653. The summed E-state index contributed by atoms with van der Waals surface area (Å²) in [6.45, 7) is 2.90. The van der Waals surface area contributed by atoms with Gasteiger partial charge in [-0.15, -0.1) is 11.3 Å². The third kappa shape index (κ3) is 3.83. The van der Waals surface area contributed by atoms with Gasteiger partial charge >= 0.3 is 0 Å². The van der Waals surface area contributed by atoms with Gasteiger partial charge in [-0.25, -0.2) is 0 Å². The molecule has 0 aliphatic carbocycles. The molecule has 1 aromatic heterocycles. The molecule has 0 radical (unpaired) electrons. The second-order valence-electron chi connectivity index (χ2n) is 4.44. The number of nitrogens with one attached hydrogen (secondary N) is 1. The van der Waals surface area contributed by atoms with Crippen LogP contribution in [0, 0.1) is 27.2 Å². The number of non-ortho nitro benzene ring substituents is 1. The molecule has 1 aromatic carbocycles. The number of hydrogen-bond donors (Lipinski definition) is 1. The Labute approximate surface area is 124 Å². The second-order valence-corrected chi connectivity index (χ2v) is 5.82. The van der Waals surface area contributed by atoms with Gasteiger partial charge in [0.2, 0.25) is 0 Å². The molecule has 8 heteroatoms. The first-order valence-corrected chi connectivity index (χ1v) is 6.97. The van der Waals surface area contributed by atoms with E-state index in [-0.39, 0.29) is 17.9 Å². The SMILES string of the molecule is Cc1ccc(CNCc2ccc([N+](=O)[O-])cc2[N+](=O)[O-])s1. The second kappa shape index (κ2) is 6.42. The van der Waals surface area contributed by atoms with Crippen LogP contribution in [0.25, 0.3) is 0 Å². The summed E-state index contributed by atoms with van der Waals surface area (Å²) in [4.78, 5) is 22.7. The van der Waals surface area contributed by atoms with Crippen molar-refractivity contribution in [2.75, 3.05) is 0 Å². The Kier molecular flexibility index (Phi) is 4.61. The molecule has 2 aromatic rings. The van der Waals surface area contributed by atoms with E-state index in [9.17, 15) is 20.2 Å². The summed E-state index contributed by atoms with van der Waals surface area (Å²) < 4.78 is 0. The zero-order valence-corrected chi connectivity index (χ0v) is 12.1. The molecule has 0 saturated carbocycles. The van der Waals surface area contributed by atoms with E-state index in [1.54, 1.807) is 11.3 Å². The average molecular weight is 307 g/mol. The molecule has 7 nitrogen and oxygen atoms in total. The smallest absolute Gasteiger partial charge is 0.280 e. The minimum Gasteiger partial charge on any atom is -0.308 e. The van der Waals surface area contributed by atoms with E-state index in [1.807, 2.05) is 19.1 Å². The van der Waals surface area contributed by atoms with Crippen molar-refractivity contribution < 1.29 is 9.85 Å². The van der Waals surface area contributed by atoms with E-state index in [4.69, 9.17) is 0 Å². The molecular weight excluding hydrogens is 294 g/mol. The van der Waals surface area contributed by atoms with Gasteiger partial charge in [0.15, 0.2) is 0 Å². The van der Waals surface area contributed by atoms with Crippen molar-refractivity contribution in [1.82, 2.24) is 5.32 Å². The maximum Gasteiger partial charge on any atom is 0.280 e. The molecule has 110 valence electrons. The largest absolute Gasteiger partial charge is 0.308 e. The van der Waals surface area contributed by atoms with Crippen LogP contribution < -0.4 is 5.32 Å². The first-order valence-electron chi connectivity index (χ1n) is 6.15. The van der Waals surface area contributed by atoms with Gasteiger partial charge in [-0.3, -0.25) is 20.2 Å². The number of aryl methyl sites for hydroxylation is 1. The van der Waals surface area contributed by atoms with Crippen molar-refractivity contribution >= 4 is 22.7 Å². The molecule has 0 amide bonds. The molecule has 0 aliphatic heterocycles. The molecular formula is C13H13N3O4S. The zero-order valence-electron chi connectivity index (χ0n) is 11.2. The van der Waals surface area contributed by atoms with E-state index in [0.29, 0.717) is 12.1 Å². The van der Waals surface area contributed by atoms with Crippen LogP contribution in [0.4, 0.5) is 11.4 Å². The third-order valence-electron chi connectivity index (χ3n) is 2.89. The van der Waals surface area contributed by atoms with Crippen molar-refractivity contribution in [2.45, 2.75) is 20.0 Å². The van der Waals surface area contributed by atoms with Crippen LogP contribution in [-0.2, 0) is 13.1 Å². The van der Waals surface area contributed by atoms with Gasteiger partial charge in [0.1, 0.15) is 0 Å². The minimum atomic E-state index is -0.640. The van der Waals surface area contributed by atoms with Gasteiger partial charge in [0.05, 0.1) is 15.9 Å². The van der Waals surface area contributed by atoms with Gasteiger partial charge < -0.3 is 5.32 Å². The molecule has 0 fully saturated rings. The topological polar surface area (TPSA) is 98.3 Å². The number of benzene rings is 1. The molecule has 0 unspecified atom stereocenters. The molecule has 0 bridgehead atoms. The first kappa shape index (κ1) is 15.1. The van der Waals surface area contributed by atoms with Crippen molar-refractivity contribution in [1.29, 1.82) is 0 Å². The molecule has 2 rings (SSSR count). The number of thiophene rings is 1. The highest BCUT2D eigenvalue weighted by Gasteiger charge is 2.18. The molecule has 0 atom stereocenters. The normalized spacial score (nSPS) is 10.5. The molecule has 1 heterocycles. The summed E-state index contributed by atoms with van der Waals surface area (Å²) >= 11 is 1.65. The Morgan fingerprint density at radius 3 is 2.43 bits per heavy atom. The minimum absolute atomic E-state index is 0.237. The number of nitrogens with zero attached hydrogens (tertiary/aromatic N) is 2. The fourth-order valence-corrected chi connectivity index (χ4v) is 2.75. The Bertz CT molecular complexity index is 684. The summed E-state index contributed by atoms with van der Waals surface area (Å²) in [6.07, 6.45) is 0. The number of nitro benzene ring substituents is 2. The van der Waals surface area contributed by atoms with Crippen molar-refractivity contribution in [2.24, 2.45) is 0 Å². The predicted molar refractivity (Wildman–Crippen MR) is 79.4 cm³/mol. The van der Waals surface area contributed by atoms with Gasteiger partial charge in [-0.05, 0) is 25.1 Å². The fraction of sp³-hybridized carbons (Fsp3) is 0.231. The maximum atomic E-state index is 11.0. The van der Waals surface area contributed by atoms with Crippen LogP contribution in [0.5, 0.6) is 0 Å². The third-order valence-corrected chi connectivity index (χ3v) is 3.89. The lowest BCUT2D eigenvalue weighted by Gasteiger charge is -2.04. The summed E-state index contributed by atoms with van der Waals surface area (Å²) in [5.74, 6) is 0. The molecule has 21 heavy (non-hydrogen) atoms. The van der Waals surface area contributed by atoms with E-state index < -0.39 is 9.85 Å². The lowest BCUT2D eigenvalue weighted by atomic mass is 10.1. The Morgan fingerprint density at radius 2 is 1.86 bits per heavy atom. The van der Waals surface area contributed by atoms with Gasteiger partial charge in [0, 0.05) is 34.5 Å². The lowest BCUT2D eigenvalue weighted by Crippen LogP contribution is -2.13. The highest BCUT2D eigenvalue weighted by Crippen LogP contribution is 2.24. The van der Waals surface area contributed by atoms with Gasteiger partial charge in [-0.1, -0.05) is 0 Å².